The fourth-order valence-corrected chi connectivity index (χ4v) is 3.19. The first-order valence-electron chi connectivity index (χ1n) is 8.65. The SMILES string of the molecule is CNCc1ccc(C(=O)N[C@H]2Cc3cccc(C(=O)O)c3OB2O)cc1C. The number of para-hydroxylation sites is 1. The summed E-state index contributed by atoms with van der Waals surface area (Å²) in [6.07, 6.45) is 0.278. The monoisotopic (exact) mass is 368 g/mol. The second kappa shape index (κ2) is 7.81. The number of carboxylic acid groups (broad SMARTS) is 1. The lowest BCUT2D eigenvalue weighted by atomic mass is 9.72. The highest BCUT2D eigenvalue weighted by Gasteiger charge is 2.37. The van der Waals surface area contributed by atoms with Gasteiger partial charge in [-0.1, -0.05) is 18.2 Å². The van der Waals surface area contributed by atoms with E-state index in [1.54, 1.807) is 24.3 Å². The van der Waals surface area contributed by atoms with Crippen molar-refractivity contribution in [2.75, 3.05) is 7.05 Å². The average molecular weight is 368 g/mol. The van der Waals surface area contributed by atoms with Crippen LogP contribution in [0.15, 0.2) is 36.4 Å². The third-order valence-corrected chi connectivity index (χ3v) is 4.64. The molecule has 2 aromatic carbocycles. The fraction of sp³-hybridized carbons (Fsp3) is 0.263. The van der Waals surface area contributed by atoms with Gasteiger partial charge in [0.1, 0.15) is 5.75 Å². The van der Waals surface area contributed by atoms with Gasteiger partial charge in [-0.05, 0) is 55.3 Å². The fourth-order valence-electron chi connectivity index (χ4n) is 3.19. The van der Waals surface area contributed by atoms with E-state index in [0.29, 0.717) is 17.7 Å². The molecule has 0 fully saturated rings. The summed E-state index contributed by atoms with van der Waals surface area (Å²) in [5, 5.41) is 25.3. The van der Waals surface area contributed by atoms with Crippen molar-refractivity contribution in [1.29, 1.82) is 0 Å². The number of carbonyl (C=O) groups is 2. The molecule has 2 aromatic rings. The van der Waals surface area contributed by atoms with Gasteiger partial charge in [0, 0.05) is 12.1 Å². The first kappa shape index (κ1) is 18.9. The van der Waals surface area contributed by atoms with Gasteiger partial charge in [-0.3, -0.25) is 4.79 Å². The number of hydrogen-bond donors (Lipinski definition) is 4. The molecule has 7 nitrogen and oxygen atoms in total. The quantitative estimate of drug-likeness (QED) is 0.590. The molecule has 0 spiro atoms. The van der Waals surface area contributed by atoms with Crippen molar-refractivity contribution in [3.05, 3.63) is 64.2 Å². The van der Waals surface area contributed by atoms with E-state index in [9.17, 15) is 19.7 Å². The van der Waals surface area contributed by atoms with Gasteiger partial charge in [0.2, 0.25) is 0 Å². The van der Waals surface area contributed by atoms with Gasteiger partial charge >= 0.3 is 13.1 Å². The summed E-state index contributed by atoms with van der Waals surface area (Å²) in [5.41, 5.74) is 3.21. The van der Waals surface area contributed by atoms with Crippen LogP contribution in [-0.2, 0) is 13.0 Å². The molecule has 0 saturated carbocycles. The molecular formula is C19H21BN2O5. The number of fused-ring (bicyclic) bond motifs is 1. The van der Waals surface area contributed by atoms with Crippen LogP contribution in [0.4, 0.5) is 0 Å². The Morgan fingerprint density at radius 3 is 2.74 bits per heavy atom. The van der Waals surface area contributed by atoms with Crippen molar-refractivity contribution < 1.29 is 24.4 Å². The molecule has 27 heavy (non-hydrogen) atoms. The Morgan fingerprint density at radius 1 is 1.30 bits per heavy atom. The molecule has 1 aliphatic rings. The number of hydrogen-bond acceptors (Lipinski definition) is 5. The standard InChI is InChI=1S/C19H21BN2O5/c1-11-8-13(6-7-14(11)10-21-2)18(23)22-16-9-12-4-3-5-15(19(24)25)17(12)27-20(16)26/h3-8,16,21,26H,9-10H2,1-2H3,(H,22,23)(H,24,25)/t16-/m0/s1. The molecule has 0 saturated heterocycles. The molecule has 140 valence electrons. The van der Waals surface area contributed by atoms with Gasteiger partial charge in [-0.25, -0.2) is 4.79 Å². The van der Waals surface area contributed by atoms with E-state index in [2.05, 4.69) is 10.6 Å². The highest BCUT2D eigenvalue weighted by Crippen LogP contribution is 2.30. The lowest BCUT2D eigenvalue weighted by molar-refractivity contribution is 0.0693. The van der Waals surface area contributed by atoms with Crippen LogP contribution in [0.2, 0.25) is 0 Å². The molecule has 0 unspecified atom stereocenters. The van der Waals surface area contributed by atoms with Crippen molar-refractivity contribution in [2.45, 2.75) is 25.8 Å². The van der Waals surface area contributed by atoms with Crippen molar-refractivity contribution in [2.24, 2.45) is 0 Å². The molecule has 0 aliphatic carbocycles. The molecular weight excluding hydrogens is 347 g/mol. The summed E-state index contributed by atoms with van der Waals surface area (Å²) in [6.45, 7) is 2.65. The zero-order valence-corrected chi connectivity index (χ0v) is 15.2. The van der Waals surface area contributed by atoms with Gasteiger partial charge in [0.05, 0.1) is 11.5 Å². The molecule has 1 heterocycles. The number of aryl methyl sites for hydroxylation is 1. The maximum atomic E-state index is 12.6. The van der Waals surface area contributed by atoms with E-state index in [1.807, 2.05) is 20.0 Å². The average Bonchev–Trinajstić information content (AvgIpc) is 2.63. The largest absolute Gasteiger partial charge is 0.547 e. The Bertz CT molecular complexity index is 886. The summed E-state index contributed by atoms with van der Waals surface area (Å²) in [6, 6.07) is 10.2. The summed E-state index contributed by atoms with van der Waals surface area (Å²) in [7, 11) is 0.532. The highest BCUT2D eigenvalue weighted by molar-refractivity contribution is 6.47. The van der Waals surface area contributed by atoms with Crippen molar-refractivity contribution >= 4 is 19.0 Å². The third kappa shape index (κ3) is 3.96. The molecule has 0 radical (unpaired) electrons. The smallest absolute Gasteiger partial charge is 0.534 e. The van der Waals surface area contributed by atoms with E-state index >= 15 is 0 Å². The Kier molecular flexibility index (Phi) is 5.48. The maximum absolute atomic E-state index is 12.6. The molecule has 8 heteroatoms. The van der Waals surface area contributed by atoms with Crippen LogP contribution in [0.5, 0.6) is 5.75 Å². The summed E-state index contributed by atoms with van der Waals surface area (Å²) < 4.78 is 5.40. The lowest BCUT2D eigenvalue weighted by Gasteiger charge is -2.29. The Balaban J connectivity index is 1.76. The molecule has 1 aliphatic heterocycles. The number of carboxylic acids is 1. The van der Waals surface area contributed by atoms with Crippen molar-refractivity contribution in [3.8, 4) is 5.75 Å². The molecule has 1 atom stereocenters. The second-order valence-electron chi connectivity index (χ2n) is 6.56. The van der Waals surface area contributed by atoms with Crippen LogP contribution in [0.1, 0.15) is 37.4 Å². The maximum Gasteiger partial charge on any atom is 0.547 e. The van der Waals surface area contributed by atoms with Crippen LogP contribution in [0, 0.1) is 6.92 Å². The number of aromatic carboxylic acids is 1. The molecule has 0 aromatic heterocycles. The third-order valence-electron chi connectivity index (χ3n) is 4.64. The van der Waals surface area contributed by atoms with E-state index in [1.165, 1.54) is 6.07 Å². The highest BCUT2D eigenvalue weighted by atomic mass is 16.5. The van der Waals surface area contributed by atoms with Gasteiger partial charge in [-0.15, -0.1) is 0 Å². The van der Waals surface area contributed by atoms with E-state index in [0.717, 1.165) is 11.1 Å². The normalized spacial score (nSPS) is 15.7. The van der Waals surface area contributed by atoms with Crippen LogP contribution in [0.3, 0.4) is 0 Å². The van der Waals surface area contributed by atoms with Crippen LogP contribution < -0.4 is 15.3 Å². The Labute approximate surface area is 157 Å². The van der Waals surface area contributed by atoms with Crippen LogP contribution in [0.25, 0.3) is 0 Å². The van der Waals surface area contributed by atoms with Crippen LogP contribution in [-0.4, -0.2) is 42.1 Å². The molecule has 3 rings (SSSR count). The first-order chi connectivity index (χ1) is 12.9. The van der Waals surface area contributed by atoms with E-state index < -0.39 is 19.0 Å². The topological polar surface area (TPSA) is 108 Å². The molecule has 4 N–H and O–H groups in total. The Morgan fingerprint density at radius 2 is 2.07 bits per heavy atom. The predicted octanol–water partition coefficient (Wildman–Crippen LogP) is 1.17. The minimum atomic E-state index is -1.33. The minimum Gasteiger partial charge on any atom is -0.534 e. The van der Waals surface area contributed by atoms with E-state index in [4.69, 9.17) is 4.65 Å². The molecule has 1 amide bonds. The van der Waals surface area contributed by atoms with Gasteiger partial charge < -0.3 is 25.4 Å². The van der Waals surface area contributed by atoms with Gasteiger partial charge in [0.15, 0.2) is 0 Å². The minimum absolute atomic E-state index is 0.00734. The number of nitrogens with one attached hydrogen (secondary N) is 2. The van der Waals surface area contributed by atoms with Crippen molar-refractivity contribution in [1.82, 2.24) is 10.6 Å². The first-order valence-corrected chi connectivity index (χ1v) is 8.65. The van der Waals surface area contributed by atoms with Gasteiger partial charge in [-0.2, -0.15) is 0 Å². The summed E-state index contributed by atoms with van der Waals surface area (Å²) in [4.78, 5) is 23.9. The Hall–Kier alpha value is -2.84. The number of rotatable bonds is 5. The number of benzene rings is 2. The lowest BCUT2D eigenvalue weighted by Crippen LogP contribution is -2.53. The predicted molar refractivity (Wildman–Crippen MR) is 101 cm³/mol. The molecule has 0 bridgehead atoms. The summed E-state index contributed by atoms with van der Waals surface area (Å²) >= 11 is 0. The summed E-state index contributed by atoms with van der Waals surface area (Å²) in [5.74, 6) is -1.97. The second-order valence-corrected chi connectivity index (χ2v) is 6.56. The van der Waals surface area contributed by atoms with Crippen molar-refractivity contribution in [3.63, 3.8) is 0 Å². The zero-order chi connectivity index (χ0) is 19.6. The zero-order valence-electron chi connectivity index (χ0n) is 15.2. The number of amides is 1. The van der Waals surface area contributed by atoms with E-state index in [-0.39, 0.29) is 23.6 Å². The van der Waals surface area contributed by atoms with Crippen LogP contribution >= 0.6 is 0 Å². The number of carbonyl (C=O) groups excluding carboxylic acids is 1. The van der Waals surface area contributed by atoms with Gasteiger partial charge in [0.25, 0.3) is 5.91 Å².